The average molecular weight is 315 g/mol. The van der Waals surface area contributed by atoms with Crippen LogP contribution in [-0.4, -0.2) is 32.4 Å². The summed E-state index contributed by atoms with van der Waals surface area (Å²) in [5.41, 5.74) is 0.707. The standard InChI is InChI=1S/C12H15BrN2O3/c1-17-11-3-2-8(6-10(11)13)14-12(16)15-9-4-5-18-7-9/h2-3,6,9H,4-5,7H2,1H3,(H2,14,15,16). The Hall–Kier alpha value is -1.27. The van der Waals surface area contributed by atoms with Crippen molar-refractivity contribution in [3.8, 4) is 5.75 Å². The largest absolute Gasteiger partial charge is 0.496 e. The van der Waals surface area contributed by atoms with Crippen LogP contribution in [-0.2, 0) is 4.74 Å². The highest BCUT2D eigenvalue weighted by molar-refractivity contribution is 9.10. The van der Waals surface area contributed by atoms with Gasteiger partial charge in [0.15, 0.2) is 0 Å². The number of benzene rings is 1. The molecular formula is C12H15BrN2O3. The third kappa shape index (κ3) is 3.36. The van der Waals surface area contributed by atoms with Gasteiger partial charge in [-0.25, -0.2) is 4.79 Å². The summed E-state index contributed by atoms with van der Waals surface area (Å²) in [7, 11) is 1.60. The van der Waals surface area contributed by atoms with E-state index < -0.39 is 0 Å². The van der Waals surface area contributed by atoms with Crippen LogP contribution >= 0.6 is 15.9 Å². The molecule has 0 bridgehead atoms. The third-order valence-corrected chi connectivity index (χ3v) is 3.29. The topological polar surface area (TPSA) is 59.6 Å². The fourth-order valence-electron chi connectivity index (χ4n) is 1.75. The number of rotatable bonds is 3. The number of methoxy groups -OCH3 is 1. The Bertz CT molecular complexity index is 433. The van der Waals surface area contributed by atoms with Crippen molar-refractivity contribution in [2.45, 2.75) is 12.5 Å². The van der Waals surface area contributed by atoms with Gasteiger partial charge in [-0.15, -0.1) is 0 Å². The molecule has 2 N–H and O–H groups in total. The van der Waals surface area contributed by atoms with Crippen LogP contribution < -0.4 is 15.4 Å². The predicted octanol–water partition coefficient (Wildman–Crippen LogP) is 2.37. The van der Waals surface area contributed by atoms with Crippen molar-refractivity contribution >= 4 is 27.6 Å². The van der Waals surface area contributed by atoms with Crippen molar-refractivity contribution in [3.63, 3.8) is 0 Å². The lowest BCUT2D eigenvalue weighted by atomic mass is 10.2. The van der Waals surface area contributed by atoms with Crippen molar-refractivity contribution in [1.82, 2.24) is 5.32 Å². The van der Waals surface area contributed by atoms with Gasteiger partial charge < -0.3 is 20.1 Å². The predicted molar refractivity (Wildman–Crippen MR) is 72.1 cm³/mol. The highest BCUT2D eigenvalue weighted by atomic mass is 79.9. The lowest BCUT2D eigenvalue weighted by Gasteiger charge is -2.12. The minimum absolute atomic E-state index is 0.103. The molecule has 18 heavy (non-hydrogen) atoms. The van der Waals surface area contributed by atoms with Gasteiger partial charge in [-0.1, -0.05) is 0 Å². The summed E-state index contributed by atoms with van der Waals surface area (Å²) in [5, 5.41) is 5.62. The number of carbonyl (C=O) groups is 1. The summed E-state index contributed by atoms with van der Waals surface area (Å²) in [4.78, 5) is 11.7. The molecule has 0 spiro atoms. The number of amides is 2. The summed E-state index contributed by atoms with van der Waals surface area (Å²) in [6.07, 6.45) is 0.861. The molecule has 1 aromatic rings. The molecule has 0 aromatic heterocycles. The normalized spacial score (nSPS) is 18.4. The average Bonchev–Trinajstić information content (AvgIpc) is 2.82. The smallest absolute Gasteiger partial charge is 0.319 e. The lowest BCUT2D eigenvalue weighted by Crippen LogP contribution is -2.38. The fourth-order valence-corrected chi connectivity index (χ4v) is 2.29. The molecule has 0 saturated carbocycles. The number of nitrogens with one attached hydrogen (secondary N) is 2. The van der Waals surface area contributed by atoms with Gasteiger partial charge in [0.05, 0.1) is 24.2 Å². The number of hydrogen-bond acceptors (Lipinski definition) is 3. The van der Waals surface area contributed by atoms with E-state index in [1.165, 1.54) is 0 Å². The van der Waals surface area contributed by atoms with Gasteiger partial charge in [-0.2, -0.15) is 0 Å². The maximum atomic E-state index is 11.7. The first kappa shape index (κ1) is 13.2. The molecule has 1 aliphatic heterocycles. The van der Waals surface area contributed by atoms with Gasteiger partial charge in [-0.05, 0) is 40.5 Å². The summed E-state index contributed by atoms with van der Waals surface area (Å²) in [5.74, 6) is 0.727. The first-order valence-corrected chi connectivity index (χ1v) is 6.47. The van der Waals surface area contributed by atoms with E-state index in [4.69, 9.17) is 9.47 Å². The van der Waals surface area contributed by atoms with Gasteiger partial charge in [0.25, 0.3) is 0 Å². The molecule has 1 unspecified atom stereocenters. The second-order valence-electron chi connectivity index (χ2n) is 4.01. The number of hydrogen-bond donors (Lipinski definition) is 2. The molecule has 2 amide bonds. The van der Waals surface area contributed by atoms with Gasteiger partial charge in [0, 0.05) is 12.3 Å². The zero-order valence-corrected chi connectivity index (χ0v) is 11.6. The Morgan fingerprint density at radius 1 is 1.56 bits per heavy atom. The van der Waals surface area contributed by atoms with E-state index in [0.29, 0.717) is 18.9 Å². The van der Waals surface area contributed by atoms with Crippen LogP contribution in [0.4, 0.5) is 10.5 Å². The Morgan fingerprint density at radius 2 is 2.39 bits per heavy atom. The molecule has 98 valence electrons. The van der Waals surface area contributed by atoms with E-state index in [-0.39, 0.29) is 12.1 Å². The Morgan fingerprint density at radius 3 is 3.00 bits per heavy atom. The van der Waals surface area contributed by atoms with Gasteiger partial charge in [0.1, 0.15) is 5.75 Å². The molecule has 0 radical (unpaired) electrons. The van der Waals surface area contributed by atoms with Gasteiger partial charge in [0.2, 0.25) is 0 Å². The van der Waals surface area contributed by atoms with Crippen LogP contribution in [0, 0.1) is 0 Å². The van der Waals surface area contributed by atoms with E-state index >= 15 is 0 Å². The third-order valence-electron chi connectivity index (χ3n) is 2.67. The lowest BCUT2D eigenvalue weighted by molar-refractivity contribution is 0.189. The second kappa shape index (κ2) is 6.06. The molecule has 5 nitrogen and oxygen atoms in total. The quantitative estimate of drug-likeness (QED) is 0.900. The van der Waals surface area contributed by atoms with Crippen LogP contribution in [0.2, 0.25) is 0 Å². The molecule has 1 aromatic carbocycles. The van der Waals surface area contributed by atoms with E-state index in [2.05, 4.69) is 26.6 Å². The van der Waals surface area contributed by atoms with Crippen LogP contribution in [0.1, 0.15) is 6.42 Å². The summed E-state index contributed by atoms with van der Waals surface area (Å²) in [6, 6.07) is 5.25. The number of ether oxygens (including phenoxy) is 2. The molecule has 1 heterocycles. The zero-order valence-electron chi connectivity index (χ0n) is 10.0. The van der Waals surface area contributed by atoms with Crippen LogP contribution in [0.15, 0.2) is 22.7 Å². The highest BCUT2D eigenvalue weighted by Gasteiger charge is 2.17. The van der Waals surface area contributed by atoms with E-state index in [1.807, 2.05) is 0 Å². The van der Waals surface area contributed by atoms with Crippen LogP contribution in [0.25, 0.3) is 0 Å². The second-order valence-corrected chi connectivity index (χ2v) is 4.86. The minimum Gasteiger partial charge on any atom is -0.496 e. The van der Waals surface area contributed by atoms with Crippen molar-refractivity contribution in [2.75, 3.05) is 25.6 Å². The maximum Gasteiger partial charge on any atom is 0.319 e. The molecule has 1 saturated heterocycles. The summed E-state index contributed by atoms with van der Waals surface area (Å²) >= 11 is 3.37. The Kier molecular flexibility index (Phi) is 4.43. The molecular weight excluding hydrogens is 300 g/mol. The Balaban J connectivity index is 1.92. The van der Waals surface area contributed by atoms with Crippen molar-refractivity contribution in [1.29, 1.82) is 0 Å². The van der Waals surface area contributed by atoms with Crippen molar-refractivity contribution < 1.29 is 14.3 Å². The van der Waals surface area contributed by atoms with E-state index in [0.717, 1.165) is 16.6 Å². The number of urea groups is 1. The first-order valence-electron chi connectivity index (χ1n) is 5.68. The van der Waals surface area contributed by atoms with Gasteiger partial charge in [-0.3, -0.25) is 0 Å². The summed E-state index contributed by atoms with van der Waals surface area (Å²) < 4.78 is 11.1. The maximum absolute atomic E-state index is 11.7. The van der Waals surface area contributed by atoms with Crippen LogP contribution in [0.5, 0.6) is 5.75 Å². The summed E-state index contributed by atoms with van der Waals surface area (Å²) in [6.45, 7) is 1.29. The monoisotopic (exact) mass is 314 g/mol. The minimum atomic E-state index is -0.220. The molecule has 1 atom stereocenters. The van der Waals surface area contributed by atoms with Gasteiger partial charge >= 0.3 is 6.03 Å². The van der Waals surface area contributed by atoms with Crippen LogP contribution in [0.3, 0.4) is 0 Å². The number of carbonyl (C=O) groups excluding carboxylic acids is 1. The van der Waals surface area contributed by atoms with E-state index in [1.54, 1.807) is 25.3 Å². The molecule has 1 aliphatic rings. The van der Waals surface area contributed by atoms with E-state index in [9.17, 15) is 4.79 Å². The SMILES string of the molecule is COc1ccc(NC(=O)NC2CCOC2)cc1Br. The molecule has 0 aliphatic carbocycles. The van der Waals surface area contributed by atoms with Crippen molar-refractivity contribution in [2.24, 2.45) is 0 Å². The number of anilines is 1. The first-order chi connectivity index (χ1) is 8.69. The van der Waals surface area contributed by atoms with Crippen molar-refractivity contribution in [3.05, 3.63) is 22.7 Å². The number of halogens is 1. The fraction of sp³-hybridized carbons (Fsp3) is 0.417. The highest BCUT2D eigenvalue weighted by Crippen LogP contribution is 2.27. The Labute approximate surface area is 114 Å². The zero-order chi connectivity index (χ0) is 13.0. The molecule has 1 fully saturated rings. The molecule has 2 rings (SSSR count). The molecule has 6 heteroatoms.